The third-order valence-electron chi connectivity index (χ3n) is 5.63. The fourth-order valence-corrected chi connectivity index (χ4v) is 3.71. The van der Waals surface area contributed by atoms with Gasteiger partial charge in [-0.25, -0.2) is 4.79 Å². The van der Waals surface area contributed by atoms with Crippen molar-refractivity contribution in [2.45, 2.75) is 129 Å². The van der Waals surface area contributed by atoms with Gasteiger partial charge in [0.25, 0.3) is 0 Å². The van der Waals surface area contributed by atoms with Crippen molar-refractivity contribution < 1.29 is 14.7 Å². The Bertz CT molecular complexity index is 478. The second kappa shape index (κ2) is 24.8. The summed E-state index contributed by atoms with van der Waals surface area (Å²) in [4.78, 5) is 23.3. The number of rotatable bonds is 22. The van der Waals surface area contributed by atoms with E-state index in [9.17, 15) is 14.7 Å². The molecule has 0 aromatic heterocycles. The van der Waals surface area contributed by atoms with Gasteiger partial charge in [0.05, 0.1) is 0 Å². The molecule has 0 aliphatic heterocycles. The summed E-state index contributed by atoms with van der Waals surface area (Å²) in [7, 11) is 0. The van der Waals surface area contributed by atoms with Crippen LogP contribution in [0.15, 0.2) is 0 Å². The first-order chi connectivity index (χ1) is 15.0. The first-order valence-electron chi connectivity index (χ1n) is 12.6. The zero-order chi connectivity index (χ0) is 23.2. The fraction of sp³-hybridized carbons (Fsp3) is 0.875. The van der Waals surface area contributed by atoms with Crippen LogP contribution in [0.2, 0.25) is 0 Å². The Kier molecular flexibility index (Phi) is 25.9. The van der Waals surface area contributed by atoms with Crippen LogP contribution < -0.4 is 16.4 Å². The molecule has 32 heavy (non-hydrogen) atoms. The Labute approximate surface area is 218 Å². The van der Waals surface area contributed by atoms with E-state index in [1.807, 2.05) is 0 Å². The summed E-state index contributed by atoms with van der Waals surface area (Å²) >= 11 is 0. The molecular formula is C24H49N4NaO3. The predicted octanol–water partition coefficient (Wildman–Crippen LogP) is 4.43. The van der Waals surface area contributed by atoms with Gasteiger partial charge in [0.1, 0.15) is 6.04 Å². The third-order valence-corrected chi connectivity index (χ3v) is 5.63. The predicted molar refractivity (Wildman–Crippen MR) is 135 cm³/mol. The first-order valence-corrected chi connectivity index (χ1v) is 12.6. The van der Waals surface area contributed by atoms with Gasteiger partial charge in [-0.05, 0) is 19.3 Å². The number of guanidine groups is 1. The van der Waals surface area contributed by atoms with Crippen molar-refractivity contribution in [3.63, 3.8) is 0 Å². The second-order valence-corrected chi connectivity index (χ2v) is 8.64. The van der Waals surface area contributed by atoms with E-state index < -0.39 is 12.0 Å². The van der Waals surface area contributed by atoms with Gasteiger partial charge in [-0.3, -0.25) is 10.2 Å². The molecule has 0 aliphatic carbocycles. The van der Waals surface area contributed by atoms with Gasteiger partial charge in [-0.15, -0.1) is 0 Å². The van der Waals surface area contributed by atoms with Gasteiger partial charge in [0.2, 0.25) is 5.91 Å². The zero-order valence-corrected chi connectivity index (χ0v) is 19.9. The number of nitrogens with two attached hydrogens (primary N) is 1. The van der Waals surface area contributed by atoms with Crippen LogP contribution in [0.25, 0.3) is 0 Å². The number of hydrogen-bond donors (Lipinski definition) is 5. The number of carbonyl (C=O) groups is 2. The van der Waals surface area contributed by atoms with E-state index in [0.29, 0.717) is 25.8 Å². The van der Waals surface area contributed by atoms with Crippen LogP contribution in [-0.2, 0) is 9.59 Å². The van der Waals surface area contributed by atoms with Crippen molar-refractivity contribution in [1.82, 2.24) is 10.6 Å². The maximum atomic E-state index is 12.0. The van der Waals surface area contributed by atoms with Crippen LogP contribution in [0.1, 0.15) is 122 Å². The van der Waals surface area contributed by atoms with Crippen LogP contribution in [0.3, 0.4) is 0 Å². The third kappa shape index (κ3) is 23.9. The number of carboxylic acids is 1. The van der Waals surface area contributed by atoms with Crippen molar-refractivity contribution >= 4 is 47.4 Å². The Hall–Kier alpha value is -0.790. The molecule has 6 N–H and O–H groups in total. The number of hydrogen-bond acceptors (Lipinski definition) is 3. The van der Waals surface area contributed by atoms with Gasteiger partial charge < -0.3 is 21.5 Å². The van der Waals surface area contributed by atoms with E-state index in [0.717, 1.165) is 19.3 Å². The number of carboxylic acid groups (broad SMARTS) is 1. The molecule has 7 nitrogen and oxygen atoms in total. The summed E-state index contributed by atoms with van der Waals surface area (Å²) in [6, 6.07) is -0.877. The minimum absolute atomic E-state index is 0. The topological polar surface area (TPSA) is 128 Å². The molecule has 0 radical (unpaired) electrons. The molecule has 0 spiro atoms. The quantitative estimate of drug-likeness (QED) is 0.0700. The molecule has 0 heterocycles. The number of nitrogens with one attached hydrogen (secondary N) is 3. The minimum atomic E-state index is -1.02. The molecule has 0 aromatic rings. The van der Waals surface area contributed by atoms with Crippen LogP contribution >= 0.6 is 0 Å². The molecule has 0 fully saturated rings. The summed E-state index contributed by atoms with van der Waals surface area (Å²) in [6.07, 6.45) is 20.4. The van der Waals surface area contributed by atoms with Crippen molar-refractivity contribution in [2.75, 3.05) is 6.54 Å². The van der Waals surface area contributed by atoms with E-state index >= 15 is 0 Å². The summed E-state index contributed by atoms with van der Waals surface area (Å²) < 4.78 is 0. The molecular weight excluding hydrogens is 415 g/mol. The summed E-state index contributed by atoms with van der Waals surface area (Å²) in [5.74, 6) is -1.35. The molecule has 0 saturated heterocycles. The Morgan fingerprint density at radius 1 is 0.812 bits per heavy atom. The molecule has 0 bridgehead atoms. The van der Waals surface area contributed by atoms with Gasteiger partial charge in [0.15, 0.2) is 5.96 Å². The van der Waals surface area contributed by atoms with Crippen LogP contribution in [0.4, 0.5) is 0 Å². The zero-order valence-electron chi connectivity index (χ0n) is 19.9. The van der Waals surface area contributed by atoms with Gasteiger partial charge in [-0.1, -0.05) is 96.8 Å². The second-order valence-electron chi connectivity index (χ2n) is 8.64. The van der Waals surface area contributed by atoms with E-state index in [-0.39, 0.29) is 41.4 Å². The van der Waals surface area contributed by atoms with Gasteiger partial charge >= 0.3 is 35.5 Å². The van der Waals surface area contributed by atoms with E-state index in [2.05, 4.69) is 17.6 Å². The average molecular weight is 465 g/mol. The number of aliphatic carboxylic acids is 1. The molecule has 184 valence electrons. The molecule has 8 heteroatoms. The number of carbonyl (C=O) groups excluding carboxylic acids is 1. The molecule has 0 aliphatic rings. The Balaban J connectivity index is 0. The van der Waals surface area contributed by atoms with Crippen molar-refractivity contribution in [2.24, 2.45) is 5.73 Å². The van der Waals surface area contributed by atoms with E-state index in [1.165, 1.54) is 77.0 Å². The van der Waals surface area contributed by atoms with Crippen LogP contribution in [0.5, 0.6) is 0 Å². The molecule has 0 rings (SSSR count). The van der Waals surface area contributed by atoms with Crippen LogP contribution in [0, 0.1) is 5.41 Å². The van der Waals surface area contributed by atoms with Crippen molar-refractivity contribution in [3.8, 4) is 0 Å². The van der Waals surface area contributed by atoms with Crippen molar-refractivity contribution in [3.05, 3.63) is 0 Å². The van der Waals surface area contributed by atoms with Crippen molar-refractivity contribution in [1.29, 1.82) is 5.41 Å². The van der Waals surface area contributed by atoms with E-state index in [4.69, 9.17) is 11.1 Å². The first kappa shape index (κ1) is 33.4. The summed E-state index contributed by atoms with van der Waals surface area (Å²) in [6.45, 7) is 2.68. The monoisotopic (exact) mass is 464 g/mol. The summed E-state index contributed by atoms with van der Waals surface area (Å²) in [5, 5.41) is 21.5. The molecule has 0 aromatic carbocycles. The number of amides is 1. The van der Waals surface area contributed by atoms with Gasteiger partial charge in [-0.2, -0.15) is 0 Å². The van der Waals surface area contributed by atoms with Crippen LogP contribution in [-0.4, -0.2) is 65.1 Å². The molecule has 1 unspecified atom stereocenters. The molecule has 0 saturated carbocycles. The average Bonchev–Trinajstić information content (AvgIpc) is 2.72. The SMILES string of the molecule is CCCCCCCCCCCCCCCCCC(=O)NC(CCCNC(=N)N)C(=O)O.[NaH]. The normalized spacial score (nSPS) is 11.4. The molecule has 1 amide bonds. The number of unbranched alkanes of at least 4 members (excludes halogenated alkanes) is 14. The standard InChI is InChI=1S/C24H48N4O3.Na.H/c1-2-3-4-5-6-7-8-9-10-11-12-13-14-15-16-19-22(29)28-21(23(30)31)18-17-20-27-24(25)26;;/h21H,2-20H2,1H3,(H,28,29)(H,30,31)(H4,25,26,27);;. The van der Waals surface area contributed by atoms with E-state index in [1.54, 1.807) is 0 Å². The van der Waals surface area contributed by atoms with Gasteiger partial charge in [0, 0.05) is 13.0 Å². The molecule has 1 atom stereocenters. The fourth-order valence-electron chi connectivity index (χ4n) is 3.71. The Morgan fingerprint density at radius 2 is 1.25 bits per heavy atom. The maximum absolute atomic E-state index is 12.0. The summed E-state index contributed by atoms with van der Waals surface area (Å²) in [5.41, 5.74) is 5.18. The Morgan fingerprint density at radius 3 is 1.66 bits per heavy atom.